The first-order valence-electron chi connectivity index (χ1n) is 6.15. The molecule has 0 radical (unpaired) electrons. The lowest BCUT2D eigenvalue weighted by molar-refractivity contribution is -0.227. The van der Waals surface area contributed by atoms with Gasteiger partial charge in [0.25, 0.3) is 0 Å². The van der Waals surface area contributed by atoms with Crippen LogP contribution in [0.1, 0.15) is 33.6 Å². The van der Waals surface area contributed by atoms with E-state index >= 15 is 0 Å². The van der Waals surface area contributed by atoms with Crippen molar-refractivity contribution in [2.24, 2.45) is 0 Å². The average Bonchev–Trinajstić information content (AvgIpc) is 2.25. The number of carbonyl (C=O) groups excluding carboxylic acids is 1. The van der Waals surface area contributed by atoms with Crippen LogP contribution in [-0.2, 0) is 14.2 Å². The summed E-state index contributed by atoms with van der Waals surface area (Å²) >= 11 is 0. The molecule has 2 N–H and O–H groups in total. The van der Waals surface area contributed by atoms with Crippen molar-refractivity contribution < 1.29 is 24.1 Å². The molecule has 1 aliphatic heterocycles. The van der Waals surface area contributed by atoms with Gasteiger partial charge in [-0.05, 0) is 33.6 Å². The van der Waals surface area contributed by atoms with E-state index < -0.39 is 24.1 Å². The topological polar surface area (TPSA) is 77.0 Å². The lowest BCUT2D eigenvalue weighted by Crippen LogP contribution is -2.45. The van der Waals surface area contributed by atoms with Gasteiger partial charge in [-0.2, -0.15) is 0 Å². The maximum Gasteiger partial charge on any atom is 0.407 e. The number of amides is 1. The summed E-state index contributed by atoms with van der Waals surface area (Å²) in [7, 11) is 1.48. The molecule has 0 spiro atoms. The van der Waals surface area contributed by atoms with Crippen LogP contribution in [0.5, 0.6) is 0 Å². The molecule has 6 nitrogen and oxygen atoms in total. The summed E-state index contributed by atoms with van der Waals surface area (Å²) in [5.41, 5.74) is -0.511. The number of rotatable bonds is 3. The number of alkyl carbamates (subject to hydrolysis) is 1. The summed E-state index contributed by atoms with van der Waals surface area (Å²) in [6.45, 7) is 5.77. The van der Waals surface area contributed by atoms with Crippen LogP contribution in [0, 0.1) is 0 Å². The summed E-state index contributed by atoms with van der Waals surface area (Å²) in [6.07, 6.45) is -0.579. The highest BCUT2D eigenvalue weighted by Gasteiger charge is 2.30. The van der Waals surface area contributed by atoms with Gasteiger partial charge in [-0.3, -0.25) is 0 Å². The summed E-state index contributed by atoms with van der Waals surface area (Å²) in [6, 6.07) is 0. The molecule has 0 aromatic carbocycles. The molecule has 0 aromatic rings. The predicted molar refractivity (Wildman–Crippen MR) is 65.1 cm³/mol. The van der Waals surface area contributed by atoms with Gasteiger partial charge in [0.2, 0.25) is 0 Å². The van der Waals surface area contributed by atoms with Crippen LogP contribution in [0.4, 0.5) is 4.79 Å². The smallest absolute Gasteiger partial charge is 0.407 e. The van der Waals surface area contributed by atoms with Gasteiger partial charge >= 0.3 is 6.09 Å². The van der Waals surface area contributed by atoms with Gasteiger partial charge in [0.15, 0.2) is 6.29 Å². The van der Waals surface area contributed by atoms with Gasteiger partial charge in [-0.25, -0.2) is 4.79 Å². The van der Waals surface area contributed by atoms with Gasteiger partial charge in [-0.1, -0.05) is 0 Å². The Balaban J connectivity index is 2.29. The van der Waals surface area contributed by atoms with E-state index in [1.165, 1.54) is 7.11 Å². The minimum absolute atomic E-state index is 0.161. The summed E-state index contributed by atoms with van der Waals surface area (Å²) in [5, 5.41) is 12.2. The van der Waals surface area contributed by atoms with Crippen molar-refractivity contribution in [2.45, 2.75) is 57.7 Å². The highest BCUT2D eigenvalue weighted by atomic mass is 16.7. The van der Waals surface area contributed by atoms with Crippen molar-refractivity contribution in [1.82, 2.24) is 5.32 Å². The first-order valence-corrected chi connectivity index (χ1v) is 6.15. The van der Waals surface area contributed by atoms with Gasteiger partial charge in [0, 0.05) is 13.7 Å². The number of nitrogens with one attached hydrogen (secondary N) is 1. The summed E-state index contributed by atoms with van der Waals surface area (Å²) in [5.74, 6) is 0. The molecule has 1 heterocycles. The fraction of sp³-hybridized carbons (Fsp3) is 0.917. The first kappa shape index (κ1) is 15.2. The normalized spacial score (nSPS) is 28.8. The highest BCUT2D eigenvalue weighted by molar-refractivity contribution is 5.67. The maximum absolute atomic E-state index is 11.4. The van der Waals surface area contributed by atoms with E-state index in [9.17, 15) is 9.90 Å². The Morgan fingerprint density at radius 3 is 2.67 bits per heavy atom. The van der Waals surface area contributed by atoms with E-state index in [-0.39, 0.29) is 6.10 Å². The fourth-order valence-corrected chi connectivity index (χ4v) is 1.72. The second-order valence-corrected chi connectivity index (χ2v) is 5.39. The van der Waals surface area contributed by atoms with Crippen molar-refractivity contribution in [3.63, 3.8) is 0 Å². The lowest BCUT2D eigenvalue weighted by atomic mass is 10.1. The van der Waals surface area contributed by atoms with E-state index in [1.54, 1.807) is 20.8 Å². The third kappa shape index (κ3) is 5.20. The minimum atomic E-state index is -0.621. The van der Waals surface area contributed by atoms with Crippen molar-refractivity contribution in [2.75, 3.05) is 13.7 Å². The van der Waals surface area contributed by atoms with Crippen LogP contribution in [0.25, 0.3) is 0 Å². The van der Waals surface area contributed by atoms with Crippen LogP contribution in [0.2, 0.25) is 0 Å². The Labute approximate surface area is 108 Å². The Hall–Kier alpha value is -0.850. The molecule has 0 unspecified atom stereocenters. The third-order valence-electron chi connectivity index (χ3n) is 2.53. The van der Waals surface area contributed by atoms with Gasteiger partial charge < -0.3 is 24.6 Å². The first-order chi connectivity index (χ1) is 8.31. The second kappa shape index (κ2) is 6.36. The second-order valence-electron chi connectivity index (χ2n) is 5.39. The van der Waals surface area contributed by atoms with Crippen molar-refractivity contribution in [3.05, 3.63) is 0 Å². The number of ether oxygens (including phenoxy) is 3. The zero-order chi connectivity index (χ0) is 13.8. The Morgan fingerprint density at radius 2 is 2.11 bits per heavy atom. The number of methoxy groups -OCH3 is 1. The minimum Gasteiger partial charge on any atom is -0.444 e. The average molecular weight is 261 g/mol. The number of aliphatic hydroxyl groups is 1. The van der Waals surface area contributed by atoms with E-state index in [0.29, 0.717) is 19.4 Å². The quantitative estimate of drug-likeness (QED) is 0.793. The van der Waals surface area contributed by atoms with Crippen LogP contribution in [-0.4, -0.2) is 49.0 Å². The molecule has 1 amide bonds. The molecule has 6 heteroatoms. The molecule has 1 rings (SSSR count). The molecule has 0 bridgehead atoms. The van der Waals surface area contributed by atoms with Crippen LogP contribution < -0.4 is 5.32 Å². The Kier molecular flexibility index (Phi) is 5.37. The molecule has 3 atom stereocenters. The van der Waals surface area contributed by atoms with E-state index in [0.717, 1.165) is 0 Å². The zero-order valence-corrected chi connectivity index (χ0v) is 11.4. The van der Waals surface area contributed by atoms with E-state index in [4.69, 9.17) is 14.2 Å². The molecule has 0 aliphatic carbocycles. The SMILES string of the molecule is CO[C@H]1O[C@H](CNC(=O)OC(C)(C)C)CC[C@@H]1O. The molecule has 0 saturated carbocycles. The van der Waals surface area contributed by atoms with Crippen LogP contribution >= 0.6 is 0 Å². The molecule has 1 aliphatic rings. The Bertz CT molecular complexity index is 276. The standard InChI is InChI=1S/C12H23NO5/c1-12(2,3)18-11(15)13-7-8-5-6-9(14)10(16-4)17-8/h8-10,14H,5-7H2,1-4H3,(H,13,15)/t8-,9-,10-/m0/s1. The maximum atomic E-state index is 11.4. The predicted octanol–water partition coefficient (Wildman–Crippen LogP) is 1.02. The summed E-state index contributed by atoms with van der Waals surface area (Å²) in [4.78, 5) is 11.4. The highest BCUT2D eigenvalue weighted by Crippen LogP contribution is 2.19. The number of hydrogen-bond donors (Lipinski definition) is 2. The number of aliphatic hydroxyl groups excluding tert-OH is 1. The van der Waals surface area contributed by atoms with Crippen molar-refractivity contribution in [3.8, 4) is 0 Å². The number of carbonyl (C=O) groups is 1. The Morgan fingerprint density at radius 1 is 1.44 bits per heavy atom. The molecule has 18 heavy (non-hydrogen) atoms. The van der Waals surface area contributed by atoms with Crippen molar-refractivity contribution in [1.29, 1.82) is 0 Å². The van der Waals surface area contributed by atoms with Crippen molar-refractivity contribution >= 4 is 6.09 Å². The molecule has 1 saturated heterocycles. The largest absolute Gasteiger partial charge is 0.444 e. The van der Waals surface area contributed by atoms with E-state index in [2.05, 4.69) is 5.32 Å². The summed E-state index contributed by atoms with van der Waals surface area (Å²) < 4.78 is 15.6. The molecular formula is C12H23NO5. The lowest BCUT2D eigenvalue weighted by Gasteiger charge is -2.33. The molecule has 106 valence electrons. The number of hydrogen-bond acceptors (Lipinski definition) is 5. The van der Waals surface area contributed by atoms with Crippen LogP contribution in [0.3, 0.4) is 0 Å². The third-order valence-corrected chi connectivity index (χ3v) is 2.53. The van der Waals surface area contributed by atoms with Gasteiger partial charge in [-0.15, -0.1) is 0 Å². The monoisotopic (exact) mass is 261 g/mol. The van der Waals surface area contributed by atoms with Gasteiger partial charge in [0.05, 0.1) is 6.10 Å². The van der Waals surface area contributed by atoms with Crippen LogP contribution in [0.15, 0.2) is 0 Å². The molecule has 1 fully saturated rings. The molecular weight excluding hydrogens is 238 g/mol. The zero-order valence-electron chi connectivity index (χ0n) is 11.4. The van der Waals surface area contributed by atoms with E-state index in [1.807, 2.05) is 0 Å². The van der Waals surface area contributed by atoms with Gasteiger partial charge in [0.1, 0.15) is 11.7 Å². The fourth-order valence-electron chi connectivity index (χ4n) is 1.72. The molecule has 0 aromatic heterocycles.